The van der Waals surface area contributed by atoms with Gasteiger partial charge in [-0.25, -0.2) is 13.5 Å². The van der Waals surface area contributed by atoms with Crippen LogP contribution >= 0.6 is 12.2 Å². The monoisotopic (exact) mass is 443 g/mol. The third-order valence-electron chi connectivity index (χ3n) is 5.71. The van der Waals surface area contributed by atoms with E-state index in [0.29, 0.717) is 18.0 Å². The molecule has 0 aliphatic carbocycles. The van der Waals surface area contributed by atoms with Crippen LogP contribution < -0.4 is 0 Å². The van der Waals surface area contributed by atoms with E-state index in [-0.39, 0.29) is 12.1 Å². The second kappa shape index (κ2) is 9.80. The van der Waals surface area contributed by atoms with Crippen molar-refractivity contribution in [2.24, 2.45) is 0 Å². The van der Waals surface area contributed by atoms with Crippen LogP contribution in [0.15, 0.2) is 48.5 Å². The molecule has 1 aromatic heterocycles. The fourth-order valence-electron chi connectivity index (χ4n) is 3.98. The lowest BCUT2D eigenvalue weighted by atomic mass is 10.2. The van der Waals surface area contributed by atoms with Gasteiger partial charge < -0.3 is 0 Å². The van der Waals surface area contributed by atoms with Gasteiger partial charge in [0.2, 0.25) is 4.77 Å². The van der Waals surface area contributed by atoms with Crippen molar-refractivity contribution in [3.63, 3.8) is 0 Å². The van der Waals surface area contributed by atoms with Gasteiger partial charge in [0, 0.05) is 17.8 Å². The minimum absolute atomic E-state index is 0.0654. The fourth-order valence-corrected chi connectivity index (χ4v) is 4.29. The van der Waals surface area contributed by atoms with E-state index >= 15 is 0 Å². The summed E-state index contributed by atoms with van der Waals surface area (Å²) in [4.78, 5) is 4.31. The summed E-state index contributed by atoms with van der Waals surface area (Å²) in [6.45, 7) is 5.91. The highest BCUT2D eigenvalue weighted by Gasteiger charge is 2.20. The van der Waals surface area contributed by atoms with Crippen LogP contribution in [0.4, 0.5) is 8.78 Å². The van der Waals surface area contributed by atoms with Gasteiger partial charge in [-0.05, 0) is 69.0 Å². The Morgan fingerprint density at radius 3 is 2.32 bits per heavy atom. The number of hydrogen-bond acceptors (Lipinski definition) is 4. The lowest BCUT2D eigenvalue weighted by Gasteiger charge is -2.20. The van der Waals surface area contributed by atoms with Crippen LogP contribution in [0.1, 0.15) is 31.2 Å². The molecule has 0 amide bonds. The van der Waals surface area contributed by atoms with Crippen LogP contribution in [-0.4, -0.2) is 43.8 Å². The Kier molecular flexibility index (Phi) is 6.89. The van der Waals surface area contributed by atoms with Gasteiger partial charge in [0.05, 0.1) is 13.2 Å². The van der Waals surface area contributed by atoms with E-state index in [9.17, 15) is 8.78 Å². The van der Waals surface area contributed by atoms with Crippen molar-refractivity contribution in [3.05, 3.63) is 76.3 Å². The quantitative estimate of drug-likeness (QED) is 0.470. The van der Waals surface area contributed by atoms with Crippen LogP contribution in [0.3, 0.4) is 0 Å². The summed E-state index contributed by atoms with van der Waals surface area (Å²) in [5.74, 6) is -0.190. The molecule has 0 bridgehead atoms. The highest BCUT2D eigenvalue weighted by molar-refractivity contribution is 7.71. The van der Waals surface area contributed by atoms with Crippen molar-refractivity contribution in [2.45, 2.75) is 39.5 Å². The molecule has 0 N–H and O–H groups in total. The van der Waals surface area contributed by atoms with Crippen molar-refractivity contribution in [3.8, 4) is 5.69 Å². The topological polar surface area (TPSA) is 29.2 Å². The fraction of sp³-hybridized carbons (Fsp3) is 0.391. The highest BCUT2D eigenvalue weighted by atomic mass is 32.1. The Bertz CT molecular complexity index is 1050. The van der Waals surface area contributed by atoms with Crippen molar-refractivity contribution in [1.29, 1.82) is 0 Å². The first-order chi connectivity index (χ1) is 15.1. The first-order valence-electron chi connectivity index (χ1n) is 10.7. The largest absolute Gasteiger partial charge is 0.296 e. The van der Waals surface area contributed by atoms with Crippen LogP contribution in [0.5, 0.6) is 0 Å². The molecule has 0 spiro atoms. The second-order valence-electron chi connectivity index (χ2n) is 7.84. The van der Waals surface area contributed by atoms with Gasteiger partial charge in [-0.2, -0.15) is 5.10 Å². The molecule has 5 nitrogen and oxygen atoms in total. The molecule has 0 unspecified atom stereocenters. The number of halogens is 2. The Balaban J connectivity index is 1.64. The molecule has 1 fully saturated rings. The van der Waals surface area contributed by atoms with E-state index in [2.05, 4.69) is 4.90 Å². The van der Waals surface area contributed by atoms with E-state index in [1.54, 1.807) is 4.68 Å². The van der Waals surface area contributed by atoms with Gasteiger partial charge in [0.25, 0.3) is 0 Å². The molecule has 164 valence electrons. The summed E-state index contributed by atoms with van der Waals surface area (Å²) in [6.07, 6.45) is 2.40. The predicted molar refractivity (Wildman–Crippen MR) is 119 cm³/mol. The zero-order valence-corrected chi connectivity index (χ0v) is 18.5. The minimum atomic E-state index is -0.536. The molecule has 1 aliphatic rings. The predicted octanol–water partition coefficient (Wildman–Crippen LogP) is 4.76. The number of hydrogen-bond donors (Lipinski definition) is 0. The van der Waals surface area contributed by atoms with E-state index in [1.165, 1.54) is 31.0 Å². The molecule has 1 saturated heterocycles. The maximum Gasteiger partial charge on any atom is 0.203 e. The number of rotatable bonds is 8. The summed E-state index contributed by atoms with van der Waals surface area (Å²) in [6, 6.07) is 13.9. The van der Waals surface area contributed by atoms with Crippen molar-refractivity contribution in [1.82, 2.24) is 24.1 Å². The molecule has 2 heterocycles. The number of para-hydroxylation sites is 1. The van der Waals surface area contributed by atoms with E-state index in [0.717, 1.165) is 31.1 Å². The summed E-state index contributed by atoms with van der Waals surface area (Å²) >= 11 is 5.79. The average molecular weight is 444 g/mol. The van der Waals surface area contributed by atoms with Gasteiger partial charge >= 0.3 is 0 Å². The third kappa shape index (κ3) is 4.92. The van der Waals surface area contributed by atoms with Crippen LogP contribution in [0.25, 0.3) is 5.69 Å². The van der Waals surface area contributed by atoms with Gasteiger partial charge in [-0.1, -0.05) is 31.2 Å². The van der Waals surface area contributed by atoms with Crippen molar-refractivity contribution < 1.29 is 8.78 Å². The lowest BCUT2D eigenvalue weighted by molar-refractivity contribution is 0.201. The van der Waals surface area contributed by atoms with E-state index < -0.39 is 11.6 Å². The molecule has 0 saturated carbocycles. The van der Waals surface area contributed by atoms with Crippen LogP contribution in [0, 0.1) is 16.4 Å². The number of benzene rings is 2. The Hall–Kier alpha value is -2.42. The van der Waals surface area contributed by atoms with Crippen molar-refractivity contribution in [2.75, 3.05) is 19.6 Å². The highest BCUT2D eigenvalue weighted by Crippen LogP contribution is 2.19. The van der Waals surface area contributed by atoms with Gasteiger partial charge in [-0.3, -0.25) is 14.4 Å². The second-order valence-corrected chi connectivity index (χ2v) is 8.20. The smallest absolute Gasteiger partial charge is 0.203 e. The molecule has 4 rings (SSSR count). The third-order valence-corrected chi connectivity index (χ3v) is 6.10. The maximum atomic E-state index is 14.2. The lowest BCUT2D eigenvalue weighted by Crippen LogP contribution is -2.27. The first kappa shape index (κ1) is 21.8. The SMILES string of the molecule is CCN(Cc1c(F)cccc1F)Cn1nc(CN2CCCC2)n(-c2ccccc2)c1=S. The summed E-state index contributed by atoms with van der Waals surface area (Å²) in [5.41, 5.74) is 1.03. The zero-order chi connectivity index (χ0) is 21.8. The Morgan fingerprint density at radius 1 is 1.00 bits per heavy atom. The van der Waals surface area contributed by atoms with Crippen LogP contribution in [0.2, 0.25) is 0 Å². The zero-order valence-electron chi connectivity index (χ0n) is 17.7. The first-order valence-corrected chi connectivity index (χ1v) is 11.1. The molecule has 8 heteroatoms. The molecular weight excluding hydrogens is 416 g/mol. The minimum Gasteiger partial charge on any atom is -0.296 e. The standard InChI is InChI=1S/C23H27F2N5S/c1-2-27(15-19-20(24)11-8-12-21(19)25)17-29-23(31)30(18-9-4-3-5-10-18)22(26-29)16-28-13-6-7-14-28/h3-5,8-12H,2,6-7,13-17H2,1H3. The maximum absolute atomic E-state index is 14.2. The summed E-state index contributed by atoms with van der Waals surface area (Å²) < 4.78 is 32.7. The van der Waals surface area contributed by atoms with Crippen LogP contribution in [-0.2, 0) is 19.8 Å². The average Bonchev–Trinajstić information content (AvgIpc) is 3.39. The number of nitrogens with zero attached hydrogens (tertiary/aromatic N) is 5. The van der Waals surface area contributed by atoms with E-state index in [4.69, 9.17) is 17.3 Å². The molecule has 0 radical (unpaired) electrons. The normalized spacial score (nSPS) is 14.6. The number of aromatic nitrogens is 3. The number of likely N-dealkylation sites (tertiary alicyclic amines) is 1. The molecule has 1 aliphatic heterocycles. The van der Waals surface area contributed by atoms with Gasteiger partial charge in [-0.15, -0.1) is 0 Å². The Morgan fingerprint density at radius 2 is 1.68 bits per heavy atom. The molecular formula is C23H27F2N5S. The summed E-state index contributed by atoms with van der Waals surface area (Å²) in [5, 5.41) is 4.83. The summed E-state index contributed by atoms with van der Waals surface area (Å²) in [7, 11) is 0. The molecule has 3 aromatic rings. The molecule has 31 heavy (non-hydrogen) atoms. The molecule has 2 aromatic carbocycles. The van der Waals surface area contributed by atoms with Gasteiger partial charge in [0.1, 0.15) is 11.6 Å². The molecule has 0 atom stereocenters. The van der Waals surface area contributed by atoms with E-state index in [1.807, 2.05) is 46.7 Å². The van der Waals surface area contributed by atoms with Crippen molar-refractivity contribution >= 4 is 12.2 Å². The van der Waals surface area contributed by atoms with Gasteiger partial charge in [0.15, 0.2) is 5.82 Å². The Labute approximate surface area is 186 Å².